The molecule has 0 bridgehead atoms. The standard InChI is InChI=1S/C10H14N4/c1-2-3-4-5-9-12-8-6-7-11-14-10(8)13-9/h6-7H,2-5H2,1H3,(H,12,13,14). The van der Waals surface area contributed by atoms with E-state index in [9.17, 15) is 0 Å². The highest BCUT2D eigenvalue weighted by atomic mass is 15.1. The summed E-state index contributed by atoms with van der Waals surface area (Å²) in [6.45, 7) is 2.20. The molecule has 0 unspecified atom stereocenters. The molecule has 2 rings (SSSR count). The van der Waals surface area contributed by atoms with Crippen LogP contribution in [0.5, 0.6) is 0 Å². The first kappa shape index (κ1) is 9.12. The van der Waals surface area contributed by atoms with E-state index in [1.807, 2.05) is 6.07 Å². The summed E-state index contributed by atoms with van der Waals surface area (Å²) < 4.78 is 0. The molecule has 0 aliphatic carbocycles. The van der Waals surface area contributed by atoms with Crippen molar-refractivity contribution in [3.05, 3.63) is 18.1 Å². The van der Waals surface area contributed by atoms with Gasteiger partial charge in [0.05, 0.1) is 11.7 Å². The van der Waals surface area contributed by atoms with E-state index in [2.05, 4.69) is 27.1 Å². The Balaban J connectivity index is 2.11. The lowest BCUT2D eigenvalue weighted by atomic mass is 10.2. The van der Waals surface area contributed by atoms with Crippen molar-refractivity contribution in [3.8, 4) is 0 Å². The number of fused-ring (bicyclic) bond motifs is 1. The van der Waals surface area contributed by atoms with Gasteiger partial charge in [0.25, 0.3) is 0 Å². The summed E-state index contributed by atoms with van der Waals surface area (Å²) in [6.07, 6.45) is 6.35. The number of aryl methyl sites for hydroxylation is 1. The van der Waals surface area contributed by atoms with Crippen LogP contribution in [-0.2, 0) is 6.42 Å². The van der Waals surface area contributed by atoms with Crippen LogP contribution in [0.1, 0.15) is 32.0 Å². The van der Waals surface area contributed by atoms with Crippen molar-refractivity contribution in [2.45, 2.75) is 32.6 Å². The van der Waals surface area contributed by atoms with E-state index in [1.54, 1.807) is 6.20 Å². The molecule has 0 radical (unpaired) electrons. The van der Waals surface area contributed by atoms with E-state index in [1.165, 1.54) is 19.3 Å². The van der Waals surface area contributed by atoms with Crippen LogP contribution in [0.15, 0.2) is 12.3 Å². The van der Waals surface area contributed by atoms with Crippen molar-refractivity contribution in [2.24, 2.45) is 0 Å². The van der Waals surface area contributed by atoms with Crippen molar-refractivity contribution in [2.75, 3.05) is 0 Å². The van der Waals surface area contributed by atoms with Crippen molar-refractivity contribution in [3.63, 3.8) is 0 Å². The molecule has 2 heterocycles. The van der Waals surface area contributed by atoms with E-state index in [4.69, 9.17) is 0 Å². The van der Waals surface area contributed by atoms with Crippen LogP contribution in [0.2, 0.25) is 0 Å². The summed E-state index contributed by atoms with van der Waals surface area (Å²) in [4.78, 5) is 7.60. The molecule has 0 saturated heterocycles. The Labute approximate surface area is 82.8 Å². The summed E-state index contributed by atoms with van der Waals surface area (Å²) in [5, 5.41) is 7.73. The largest absolute Gasteiger partial charge is 0.341 e. The molecule has 2 aromatic heterocycles. The molecule has 0 aliphatic heterocycles. The Morgan fingerprint density at radius 3 is 3.07 bits per heavy atom. The summed E-state index contributed by atoms with van der Waals surface area (Å²) in [7, 11) is 0. The number of nitrogens with one attached hydrogen (secondary N) is 1. The first-order valence-electron chi connectivity index (χ1n) is 5.06. The van der Waals surface area contributed by atoms with Crippen molar-refractivity contribution >= 4 is 11.2 Å². The van der Waals surface area contributed by atoms with Crippen molar-refractivity contribution < 1.29 is 0 Å². The maximum Gasteiger partial charge on any atom is 0.199 e. The van der Waals surface area contributed by atoms with E-state index < -0.39 is 0 Å². The average molecular weight is 190 g/mol. The third kappa shape index (κ3) is 1.89. The first-order valence-corrected chi connectivity index (χ1v) is 5.06. The molecule has 4 nitrogen and oxygen atoms in total. The molecule has 0 amide bonds. The van der Waals surface area contributed by atoms with Crippen LogP contribution in [0.3, 0.4) is 0 Å². The maximum atomic E-state index is 4.36. The summed E-state index contributed by atoms with van der Waals surface area (Å²) in [5.74, 6) is 1.02. The smallest absolute Gasteiger partial charge is 0.199 e. The van der Waals surface area contributed by atoms with Crippen LogP contribution >= 0.6 is 0 Å². The highest BCUT2D eigenvalue weighted by Crippen LogP contribution is 2.08. The second kappa shape index (κ2) is 4.17. The van der Waals surface area contributed by atoms with Gasteiger partial charge in [-0.05, 0) is 12.5 Å². The Bertz CT molecular complexity index is 374. The number of imidazole rings is 1. The number of H-pyrrole nitrogens is 1. The van der Waals surface area contributed by atoms with Gasteiger partial charge in [-0.25, -0.2) is 4.98 Å². The molecule has 0 saturated carbocycles. The molecule has 1 N–H and O–H groups in total. The monoisotopic (exact) mass is 190 g/mol. The minimum absolute atomic E-state index is 0.721. The fraction of sp³-hybridized carbons (Fsp3) is 0.500. The SMILES string of the molecule is CCCCCc1nc2nnccc2[nH]1. The topological polar surface area (TPSA) is 54.5 Å². The molecular formula is C10H14N4. The summed E-state index contributed by atoms with van der Waals surface area (Å²) in [5.41, 5.74) is 1.70. The Morgan fingerprint density at radius 1 is 1.36 bits per heavy atom. The van der Waals surface area contributed by atoms with Gasteiger partial charge in [-0.2, -0.15) is 5.10 Å². The number of hydrogen-bond donors (Lipinski definition) is 1. The molecule has 0 aliphatic rings. The predicted molar refractivity (Wildman–Crippen MR) is 54.9 cm³/mol. The quantitative estimate of drug-likeness (QED) is 0.751. The zero-order valence-electron chi connectivity index (χ0n) is 8.32. The lowest BCUT2D eigenvalue weighted by Gasteiger charge is -1.93. The van der Waals surface area contributed by atoms with Gasteiger partial charge in [0, 0.05) is 6.42 Å². The molecule has 0 fully saturated rings. The lowest BCUT2D eigenvalue weighted by molar-refractivity contribution is 0.700. The maximum absolute atomic E-state index is 4.36. The molecule has 14 heavy (non-hydrogen) atoms. The number of hydrogen-bond acceptors (Lipinski definition) is 3. The number of nitrogens with zero attached hydrogens (tertiary/aromatic N) is 3. The Kier molecular flexibility index (Phi) is 2.72. The van der Waals surface area contributed by atoms with Gasteiger partial charge < -0.3 is 4.98 Å². The average Bonchev–Trinajstić information content (AvgIpc) is 2.60. The summed E-state index contributed by atoms with van der Waals surface area (Å²) in [6, 6.07) is 1.90. The highest BCUT2D eigenvalue weighted by molar-refractivity contribution is 5.69. The van der Waals surface area contributed by atoms with Crippen molar-refractivity contribution in [1.82, 2.24) is 20.2 Å². The van der Waals surface area contributed by atoms with Gasteiger partial charge in [0.2, 0.25) is 0 Å². The van der Waals surface area contributed by atoms with E-state index in [0.29, 0.717) is 0 Å². The van der Waals surface area contributed by atoms with Crippen LogP contribution in [0, 0.1) is 0 Å². The minimum atomic E-state index is 0.721. The number of rotatable bonds is 4. The highest BCUT2D eigenvalue weighted by Gasteiger charge is 2.02. The third-order valence-corrected chi connectivity index (χ3v) is 2.24. The molecular weight excluding hydrogens is 176 g/mol. The zero-order chi connectivity index (χ0) is 9.80. The van der Waals surface area contributed by atoms with Gasteiger partial charge >= 0.3 is 0 Å². The second-order valence-corrected chi connectivity index (χ2v) is 3.41. The van der Waals surface area contributed by atoms with Gasteiger partial charge in [0.1, 0.15) is 5.82 Å². The minimum Gasteiger partial charge on any atom is -0.341 e. The lowest BCUT2D eigenvalue weighted by Crippen LogP contribution is -1.87. The molecule has 0 atom stereocenters. The first-order chi connectivity index (χ1) is 6.90. The van der Waals surface area contributed by atoms with Crippen LogP contribution < -0.4 is 0 Å². The predicted octanol–water partition coefficient (Wildman–Crippen LogP) is 2.09. The normalized spacial score (nSPS) is 10.9. The van der Waals surface area contributed by atoms with Gasteiger partial charge in [-0.1, -0.05) is 19.8 Å². The third-order valence-electron chi connectivity index (χ3n) is 2.24. The second-order valence-electron chi connectivity index (χ2n) is 3.41. The van der Waals surface area contributed by atoms with Crippen LogP contribution in [0.25, 0.3) is 11.2 Å². The fourth-order valence-electron chi connectivity index (χ4n) is 1.48. The van der Waals surface area contributed by atoms with E-state index in [-0.39, 0.29) is 0 Å². The molecule has 4 heteroatoms. The zero-order valence-corrected chi connectivity index (χ0v) is 8.32. The summed E-state index contributed by atoms with van der Waals surface area (Å²) >= 11 is 0. The number of unbranched alkanes of at least 4 members (excludes halogenated alkanes) is 2. The molecule has 0 spiro atoms. The fourth-order valence-corrected chi connectivity index (χ4v) is 1.48. The Morgan fingerprint density at radius 2 is 2.29 bits per heavy atom. The van der Waals surface area contributed by atoms with Crippen LogP contribution in [-0.4, -0.2) is 20.2 Å². The number of aromatic nitrogens is 4. The van der Waals surface area contributed by atoms with Gasteiger partial charge in [0.15, 0.2) is 5.65 Å². The molecule has 0 aromatic carbocycles. The molecule has 2 aromatic rings. The van der Waals surface area contributed by atoms with Gasteiger partial charge in [-0.15, -0.1) is 5.10 Å². The van der Waals surface area contributed by atoms with Crippen molar-refractivity contribution in [1.29, 1.82) is 0 Å². The van der Waals surface area contributed by atoms with Gasteiger partial charge in [-0.3, -0.25) is 0 Å². The van der Waals surface area contributed by atoms with Crippen LogP contribution in [0.4, 0.5) is 0 Å². The van der Waals surface area contributed by atoms with E-state index >= 15 is 0 Å². The molecule has 74 valence electrons. The van der Waals surface area contributed by atoms with E-state index in [0.717, 1.165) is 23.4 Å². The number of aromatic amines is 1. The Hall–Kier alpha value is -1.45.